The minimum Gasteiger partial charge on any atom is -0.497 e. The maximum atomic E-state index is 14.3. The number of amides is 3. The third-order valence-electron chi connectivity index (χ3n) is 6.54. The van der Waals surface area contributed by atoms with Crippen LogP contribution in [0, 0.1) is 12.8 Å². The molecule has 2 atom stereocenters. The summed E-state index contributed by atoms with van der Waals surface area (Å²) in [5, 5.41) is 5.77. The van der Waals surface area contributed by atoms with E-state index < -0.39 is 23.8 Å². The first-order chi connectivity index (χ1) is 18.9. The third-order valence-corrected chi connectivity index (χ3v) is 6.54. The van der Waals surface area contributed by atoms with Gasteiger partial charge in [0, 0.05) is 12.2 Å². The predicted molar refractivity (Wildman–Crippen MR) is 159 cm³/mol. The lowest BCUT2D eigenvalue weighted by molar-refractivity contribution is -0.141. The molecule has 0 spiro atoms. The number of alkyl carbamates (subject to hydrolysis) is 1. The molecule has 2 rings (SSSR count). The monoisotopic (exact) mass is 553 g/mol. The number of unbranched alkanes of at least 4 members (excludes halogenated alkanes) is 3. The van der Waals surface area contributed by atoms with Gasteiger partial charge in [-0.25, -0.2) is 4.79 Å². The molecule has 220 valence electrons. The van der Waals surface area contributed by atoms with E-state index in [1.807, 2.05) is 45.0 Å². The number of aryl methyl sites for hydroxylation is 1. The number of benzene rings is 2. The summed E-state index contributed by atoms with van der Waals surface area (Å²) in [5.74, 6) is -0.215. The van der Waals surface area contributed by atoms with Crippen LogP contribution in [0.2, 0.25) is 0 Å². The summed E-state index contributed by atoms with van der Waals surface area (Å²) in [6.45, 7) is 13.5. The van der Waals surface area contributed by atoms with Gasteiger partial charge in [-0.3, -0.25) is 9.59 Å². The molecule has 0 radical (unpaired) electrons. The van der Waals surface area contributed by atoms with Crippen LogP contribution in [0.4, 0.5) is 10.5 Å². The van der Waals surface area contributed by atoms with Crippen molar-refractivity contribution in [2.24, 2.45) is 5.92 Å². The minimum atomic E-state index is -0.904. The van der Waals surface area contributed by atoms with Crippen molar-refractivity contribution in [1.29, 1.82) is 0 Å². The van der Waals surface area contributed by atoms with Crippen LogP contribution in [0.15, 0.2) is 48.5 Å². The van der Waals surface area contributed by atoms with Gasteiger partial charge in [-0.1, -0.05) is 64.3 Å². The average molecular weight is 554 g/mol. The lowest BCUT2D eigenvalue weighted by Crippen LogP contribution is -2.54. The number of nitrogens with zero attached hydrogens (tertiary/aromatic N) is 1. The lowest BCUT2D eigenvalue weighted by Gasteiger charge is -2.36. The van der Waals surface area contributed by atoms with Crippen LogP contribution < -0.4 is 15.4 Å². The molecule has 0 aromatic heterocycles. The van der Waals surface area contributed by atoms with Crippen LogP contribution in [-0.4, -0.2) is 48.1 Å². The van der Waals surface area contributed by atoms with Crippen LogP contribution in [-0.2, 0) is 14.3 Å². The second-order valence-corrected chi connectivity index (χ2v) is 11.4. The zero-order valence-electron chi connectivity index (χ0n) is 25.4. The fourth-order valence-corrected chi connectivity index (χ4v) is 4.43. The van der Waals surface area contributed by atoms with Gasteiger partial charge in [-0.15, -0.1) is 0 Å². The summed E-state index contributed by atoms with van der Waals surface area (Å²) in [7, 11) is 1.58. The number of anilines is 1. The van der Waals surface area contributed by atoms with Crippen molar-refractivity contribution in [2.75, 3.05) is 19.0 Å². The summed E-state index contributed by atoms with van der Waals surface area (Å²) in [6, 6.07) is 12.9. The van der Waals surface area contributed by atoms with E-state index in [-0.39, 0.29) is 17.7 Å². The van der Waals surface area contributed by atoms with Crippen molar-refractivity contribution in [2.45, 2.75) is 91.8 Å². The molecule has 2 unspecified atom stereocenters. The van der Waals surface area contributed by atoms with E-state index >= 15 is 0 Å². The highest BCUT2D eigenvalue weighted by Crippen LogP contribution is 2.29. The van der Waals surface area contributed by atoms with E-state index in [0.717, 1.165) is 36.8 Å². The number of ether oxygens (including phenoxy) is 2. The van der Waals surface area contributed by atoms with Gasteiger partial charge in [0.1, 0.15) is 23.4 Å². The Labute approximate surface area is 239 Å². The Hall–Kier alpha value is -3.55. The Balaban J connectivity index is 2.52. The zero-order valence-corrected chi connectivity index (χ0v) is 25.4. The van der Waals surface area contributed by atoms with Crippen LogP contribution in [0.3, 0.4) is 0 Å². The first-order valence-electron chi connectivity index (χ1n) is 14.2. The molecule has 0 aliphatic heterocycles. The molecule has 0 heterocycles. The quantitative estimate of drug-likeness (QED) is 0.271. The molecule has 0 saturated heterocycles. The van der Waals surface area contributed by atoms with Gasteiger partial charge in [0.2, 0.25) is 5.91 Å². The van der Waals surface area contributed by atoms with E-state index in [0.29, 0.717) is 18.0 Å². The second-order valence-electron chi connectivity index (χ2n) is 11.4. The van der Waals surface area contributed by atoms with Crippen molar-refractivity contribution < 1.29 is 23.9 Å². The number of rotatable bonds is 13. The first-order valence-corrected chi connectivity index (χ1v) is 14.2. The summed E-state index contributed by atoms with van der Waals surface area (Å²) in [6.07, 6.45) is 3.06. The van der Waals surface area contributed by atoms with Crippen LogP contribution >= 0.6 is 0 Å². The second kappa shape index (κ2) is 15.3. The molecule has 0 aliphatic rings. The molecule has 8 nitrogen and oxygen atoms in total. The van der Waals surface area contributed by atoms with Gasteiger partial charge in [-0.2, -0.15) is 0 Å². The average Bonchev–Trinajstić information content (AvgIpc) is 2.88. The smallest absolute Gasteiger partial charge is 0.408 e. The minimum absolute atomic E-state index is 0.236. The molecular weight excluding hydrogens is 506 g/mol. The number of hydrogen-bond acceptors (Lipinski definition) is 5. The number of methoxy groups -OCH3 is 1. The van der Waals surface area contributed by atoms with E-state index in [9.17, 15) is 14.4 Å². The summed E-state index contributed by atoms with van der Waals surface area (Å²) < 4.78 is 10.7. The number of carbonyl (C=O) groups excluding carboxylic acids is 3. The van der Waals surface area contributed by atoms with Crippen molar-refractivity contribution in [3.63, 3.8) is 0 Å². The Morgan fingerprint density at radius 2 is 1.60 bits per heavy atom. The van der Waals surface area contributed by atoms with Crippen molar-refractivity contribution >= 4 is 23.6 Å². The van der Waals surface area contributed by atoms with Crippen LogP contribution in [0.5, 0.6) is 5.75 Å². The SMILES string of the molecule is CCCCCCN(C(=O)C(NC(=O)OC(C)(C)C)C(C)C)C(C(=O)Nc1ccc(OC)cc1)c1ccccc1C. The van der Waals surface area contributed by atoms with Gasteiger partial charge in [0.05, 0.1) is 7.11 Å². The van der Waals surface area contributed by atoms with E-state index in [1.165, 1.54) is 0 Å². The summed E-state index contributed by atoms with van der Waals surface area (Å²) in [5.41, 5.74) is 1.51. The molecule has 2 aromatic rings. The number of carbonyl (C=O) groups is 3. The Bertz CT molecular complexity index is 1110. The molecule has 2 N–H and O–H groups in total. The van der Waals surface area contributed by atoms with Gasteiger partial charge in [0.15, 0.2) is 0 Å². The van der Waals surface area contributed by atoms with Crippen molar-refractivity contribution in [3.05, 3.63) is 59.7 Å². The fourth-order valence-electron chi connectivity index (χ4n) is 4.43. The molecule has 2 aromatic carbocycles. The van der Waals surface area contributed by atoms with Gasteiger partial charge in [-0.05, 0) is 75.4 Å². The maximum absolute atomic E-state index is 14.3. The molecule has 40 heavy (non-hydrogen) atoms. The molecule has 3 amide bonds. The summed E-state index contributed by atoms with van der Waals surface area (Å²) >= 11 is 0. The van der Waals surface area contributed by atoms with E-state index in [2.05, 4.69) is 17.6 Å². The molecule has 0 aliphatic carbocycles. The fraction of sp³-hybridized carbons (Fsp3) is 0.531. The predicted octanol–water partition coefficient (Wildman–Crippen LogP) is 6.64. The molecule has 0 fully saturated rings. The Kier molecular flexibility index (Phi) is 12.5. The van der Waals surface area contributed by atoms with E-state index in [4.69, 9.17) is 9.47 Å². The van der Waals surface area contributed by atoms with Gasteiger partial charge < -0.3 is 25.0 Å². The van der Waals surface area contributed by atoms with E-state index in [1.54, 1.807) is 57.0 Å². The van der Waals surface area contributed by atoms with Crippen LogP contribution in [0.25, 0.3) is 0 Å². The first kappa shape index (κ1) is 32.7. The van der Waals surface area contributed by atoms with Crippen molar-refractivity contribution in [1.82, 2.24) is 10.2 Å². The lowest BCUT2D eigenvalue weighted by atomic mass is 9.95. The number of hydrogen-bond donors (Lipinski definition) is 2. The summed E-state index contributed by atoms with van der Waals surface area (Å²) in [4.78, 5) is 42.6. The Morgan fingerprint density at radius 1 is 0.950 bits per heavy atom. The molecule has 0 saturated carbocycles. The molecule has 8 heteroatoms. The highest BCUT2D eigenvalue weighted by molar-refractivity contribution is 5.99. The highest BCUT2D eigenvalue weighted by Gasteiger charge is 2.37. The Morgan fingerprint density at radius 3 is 2.15 bits per heavy atom. The van der Waals surface area contributed by atoms with Crippen molar-refractivity contribution in [3.8, 4) is 5.75 Å². The number of nitrogens with one attached hydrogen (secondary N) is 2. The largest absolute Gasteiger partial charge is 0.497 e. The third kappa shape index (κ3) is 9.88. The normalized spacial score (nSPS) is 12.8. The highest BCUT2D eigenvalue weighted by atomic mass is 16.6. The zero-order chi connectivity index (χ0) is 29.9. The molecule has 0 bridgehead atoms. The maximum Gasteiger partial charge on any atom is 0.408 e. The van der Waals surface area contributed by atoms with Gasteiger partial charge in [0.25, 0.3) is 5.91 Å². The molecular formula is C32H47N3O5. The standard InChI is InChI=1S/C32H47N3O5/c1-9-10-11-14-21-35(30(37)27(22(2)3)34-31(38)40-32(5,6)7)28(26-16-13-12-15-23(26)4)29(36)33-24-17-19-25(39-8)20-18-24/h12-13,15-20,22,27-28H,9-11,14,21H2,1-8H3,(H,33,36)(H,34,38). The topological polar surface area (TPSA) is 97.0 Å². The van der Waals surface area contributed by atoms with Gasteiger partial charge >= 0.3 is 6.09 Å². The van der Waals surface area contributed by atoms with Crippen LogP contribution in [0.1, 0.15) is 84.4 Å².